The largest absolute Gasteiger partial charge is 0.335 e. The average Bonchev–Trinajstić information content (AvgIpc) is 3.08. The quantitative estimate of drug-likeness (QED) is 0.565. The zero-order valence-electron chi connectivity index (χ0n) is 17.8. The molecule has 2 bridgehead atoms. The molecule has 4 amide bonds. The van der Waals surface area contributed by atoms with E-state index in [4.69, 9.17) is 0 Å². The topological polar surface area (TPSA) is 78.5 Å². The summed E-state index contributed by atoms with van der Waals surface area (Å²) in [6.45, 7) is 0. The summed E-state index contributed by atoms with van der Waals surface area (Å²) in [4.78, 5) is 41.1. The molecular formula is C25H31N3O3. The first-order chi connectivity index (χ1) is 15.1. The van der Waals surface area contributed by atoms with Crippen molar-refractivity contribution in [2.75, 3.05) is 0 Å². The molecule has 5 aliphatic rings. The first-order valence-corrected chi connectivity index (χ1v) is 11.8. The minimum atomic E-state index is -0.670. The molecule has 3 fully saturated rings. The van der Waals surface area contributed by atoms with Crippen LogP contribution in [0.5, 0.6) is 0 Å². The Morgan fingerprint density at radius 1 is 0.903 bits per heavy atom. The molecule has 1 heterocycles. The monoisotopic (exact) mass is 421 g/mol. The Labute approximate surface area is 183 Å². The zero-order chi connectivity index (χ0) is 21.4. The SMILES string of the molecule is O=C(NC1CCCCC1)N[C@@H](Cc1ccccc1)N1C(=O)[C@@H]2[C@H](C1=O)[C@H]1C=C[C@H]2CC1. The van der Waals surface area contributed by atoms with Crippen molar-refractivity contribution in [3.05, 3.63) is 48.0 Å². The highest BCUT2D eigenvalue weighted by Gasteiger charge is 2.58. The van der Waals surface area contributed by atoms with Gasteiger partial charge in [0.1, 0.15) is 6.17 Å². The molecule has 6 nitrogen and oxygen atoms in total. The summed E-state index contributed by atoms with van der Waals surface area (Å²) in [5, 5.41) is 6.06. The van der Waals surface area contributed by atoms with Gasteiger partial charge in [0.15, 0.2) is 0 Å². The van der Waals surface area contributed by atoms with Crippen LogP contribution in [0, 0.1) is 23.7 Å². The summed E-state index contributed by atoms with van der Waals surface area (Å²) >= 11 is 0. The van der Waals surface area contributed by atoms with Crippen LogP contribution in [0.3, 0.4) is 0 Å². The van der Waals surface area contributed by atoms with Crippen LogP contribution in [0.1, 0.15) is 50.5 Å². The molecule has 1 aromatic carbocycles. The second kappa shape index (κ2) is 8.48. The minimum Gasteiger partial charge on any atom is -0.335 e. The summed E-state index contributed by atoms with van der Waals surface area (Å²) in [7, 11) is 0. The van der Waals surface area contributed by atoms with Crippen LogP contribution in [-0.2, 0) is 16.0 Å². The number of carbonyl (C=O) groups excluding carboxylic acids is 3. The van der Waals surface area contributed by atoms with Gasteiger partial charge in [0, 0.05) is 12.5 Å². The molecule has 4 aliphatic carbocycles. The molecule has 2 N–H and O–H groups in total. The Morgan fingerprint density at radius 2 is 1.52 bits per heavy atom. The molecule has 1 aliphatic heterocycles. The standard InChI is InChI=1S/C25H31N3O3/c29-23-21-17-11-12-18(14-13-17)22(21)24(30)28(23)20(15-16-7-3-1-4-8-16)27-25(31)26-19-9-5-2-6-10-19/h1,3-4,7-8,11-12,17-22H,2,5-6,9-10,13-15H2,(H2,26,27,31)/t17-,18-,20+,21-,22+/m0/s1. The molecule has 0 unspecified atom stereocenters. The number of allylic oxidation sites excluding steroid dienone is 2. The van der Waals surface area contributed by atoms with Crippen LogP contribution in [0.15, 0.2) is 42.5 Å². The van der Waals surface area contributed by atoms with E-state index >= 15 is 0 Å². The summed E-state index contributed by atoms with van der Waals surface area (Å²) < 4.78 is 0. The molecule has 6 rings (SSSR count). The fraction of sp³-hybridized carbons (Fsp3) is 0.560. The molecule has 31 heavy (non-hydrogen) atoms. The Morgan fingerprint density at radius 3 is 2.10 bits per heavy atom. The number of likely N-dealkylation sites (tertiary alicyclic amines) is 1. The maximum Gasteiger partial charge on any atom is 0.316 e. The first kappa shape index (κ1) is 20.3. The van der Waals surface area contributed by atoms with Gasteiger partial charge in [-0.3, -0.25) is 14.5 Å². The third kappa shape index (κ3) is 3.88. The Kier molecular flexibility index (Phi) is 5.55. The number of imide groups is 1. The summed E-state index contributed by atoms with van der Waals surface area (Å²) in [5.74, 6) is -0.480. The predicted molar refractivity (Wildman–Crippen MR) is 117 cm³/mol. The normalized spacial score (nSPS) is 30.9. The van der Waals surface area contributed by atoms with Crippen molar-refractivity contribution >= 4 is 17.8 Å². The number of benzene rings is 1. The highest BCUT2D eigenvalue weighted by Crippen LogP contribution is 2.50. The Hall–Kier alpha value is -2.63. The van der Waals surface area contributed by atoms with E-state index < -0.39 is 6.17 Å². The molecule has 1 aromatic rings. The van der Waals surface area contributed by atoms with E-state index in [9.17, 15) is 14.4 Å². The average molecular weight is 422 g/mol. The highest BCUT2D eigenvalue weighted by atomic mass is 16.2. The number of fused-ring (bicyclic) bond motifs is 1. The van der Waals surface area contributed by atoms with Gasteiger partial charge < -0.3 is 10.6 Å². The van der Waals surface area contributed by atoms with Crippen molar-refractivity contribution in [3.8, 4) is 0 Å². The van der Waals surface area contributed by atoms with Crippen molar-refractivity contribution < 1.29 is 14.4 Å². The van der Waals surface area contributed by atoms with Gasteiger partial charge in [-0.25, -0.2) is 4.79 Å². The van der Waals surface area contributed by atoms with E-state index in [0.29, 0.717) is 6.42 Å². The second-order valence-corrected chi connectivity index (χ2v) is 9.55. The van der Waals surface area contributed by atoms with E-state index in [0.717, 1.165) is 44.1 Å². The molecule has 0 radical (unpaired) electrons. The van der Waals surface area contributed by atoms with Crippen LogP contribution < -0.4 is 10.6 Å². The number of nitrogens with one attached hydrogen (secondary N) is 2. The Balaban J connectivity index is 1.37. The van der Waals surface area contributed by atoms with Crippen molar-refractivity contribution in [1.29, 1.82) is 0 Å². The van der Waals surface area contributed by atoms with Gasteiger partial charge in [-0.2, -0.15) is 0 Å². The lowest BCUT2D eigenvalue weighted by atomic mass is 9.63. The lowest BCUT2D eigenvalue weighted by Crippen LogP contribution is -2.56. The predicted octanol–water partition coefficient (Wildman–Crippen LogP) is 3.38. The lowest BCUT2D eigenvalue weighted by molar-refractivity contribution is -0.143. The van der Waals surface area contributed by atoms with Gasteiger partial charge in [0.2, 0.25) is 11.8 Å². The van der Waals surface area contributed by atoms with Crippen molar-refractivity contribution in [3.63, 3.8) is 0 Å². The number of amides is 4. The van der Waals surface area contributed by atoms with Crippen LogP contribution in [0.2, 0.25) is 0 Å². The van der Waals surface area contributed by atoms with E-state index in [-0.39, 0.29) is 47.6 Å². The molecule has 0 spiro atoms. The molecule has 5 atom stereocenters. The molecule has 1 saturated heterocycles. The van der Waals surface area contributed by atoms with Gasteiger partial charge in [-0.05, 0) is 43.1 Å². The van der Waals surface area contributed by atoms with Crippen molar-refractivity contribution in [2.45, 2.75) is 63.6 Å². The van der Waals surface area contributed by atoms with Gasteiger partial charge in [0.05, 0.1) is 11.8 Å². The summed E-state index contributed by atoms with van der Waals surface area (Å²) in [6, 6.07) is 9.63. The summed E-state index contributed by atoms with van der Waals surface area (Å²) in [5.41, 5.74) is 0.988. The van der Waals surface area contributed by atoms with Crippen LogP contribution >= 0.6 is 0 Å². The number of carbonyl (C=O) groups is 3. The van der Waals surface area contributed by atoms with Crippen molar-refractivity contribution in [2.24, 2.45) is 23.7 Å². The number of hydrogen-bond donors (Lipinski definition) is 2. The molecule has 2 saturated carbocycles. The first-order valence-electron chi connectivity index (χ1n) is 11.8. The molecule has 0 aromatic heterocycles. The molecule has 164 valence electrons. The number of urea groups is 1. The van der Waals surface area contributed by atoms with Gasteiger partial charge >= 0.3 is 6.03 Å². The fourth-order valence-electron chi connectivity index (χ4n) is 6.07. The van der Waals surface area contributed by atoms with E-state index in [2.05, 4.69) is 22.8 Å². The smallest absolute Gasteiger partial charge is 0.316 e. The Bertz CT molecular complexity index is 845. The maximum absolute atomic E-state index is 13.4. The number of hydrogen-bond acceptors (Lipinski definition) is 3. The molecular weight excluding hydrogens is 390 g/mol. The van der Waals surface area contributed by atoms with Gasteiger partial charge in [-0.15, -0.1) is 0 Å². The number of rotatable bonds is 5. The van der Waals surface area contributed by atoms with Crippen LogP contribution in [0.4, 0.5) is 4.79 Å². The lowest BCUT2D eigenvalue weighted by Gasteiger charge is -2.38. The maximum atomic E-state index is 13.4. The summed E-state index contributed by atoms with van der Waals surface area (Å²) in [6.07, 6.45) is 11.4. The van der Waals surface area contributed by atoms with E-state index in [1.54, 1.807) is 0 Å². The van der Waals surface area contributed by atoms with Crippen LogP contribution in [0.25, 0.3) is 0 Å². The molecule has 6 heteroatoms. The third-order valence-electron chi connectivity index (χ3n) is 7.62. The van der Waals surface area contributed by atoms with Gasteiger partial charge in [-0.1, -0.05) is 61.7 Å². The van der Waals surface area contributed by atoms with E-state index in [1.807, 2.05) is 30.3 Å². The third-order valence-corrected chi connectivity index (χ3v) is 7.62. The van der Waals surface area contributed by atoms with Crippen LogP contribution in [-0.4, -0.2) is 35.0 Å². The number of nitrogens with zero attached hydrogens (tertiary/aromatic N) is 1. The van der Waals surface area contributed by atoms with Gasteiger partial charge in [0.25, 0.3) is 0 Å². The minimum absolute atomic E-state index is 0.118. The van der Waals surface area contributed by atoms with E-state index in [1.165, 1.54) is 11.3 Å². The second-order valence-electron chi connectivity index (χ2n) is 9.55. The van der Waals surface area contributed by atoms with Crippen molar-refractivity contribution in [1.82, 2.24) is 15.5 Å². The fourth-order valence-corrected chi connectivity index (χ4v) is 6.07. The highest BCUT2D eigenvalue weighted by molar-refractivity contribution is 6.06. The zero-order valence-corrected chi connectivity index (χ0v) is 17.8.